The summed E-state index contributed by atoms with van der Waals surface area (Å²) in [6.45, 7) is 0. The lowest BCUT2D eigenvalue weighted by atomic mass is 9.99. The van der Waals surface area contributed by atoms with E-state index in [1.807, 2.05) is 42.5 Å². The third kappa shape index (κ3) is 1.71. The second-order valence-corrected chi connectivity index (χ2v) is 4.33. The average molecular weight is 252 g/mol. The molecule has 0 aromatic heterocycles. The van der Waals surface area contributed by atoms with Crippen LogP contribution in [0.15, 0.2) is 48.5 Å². The van der Waals surface area contributed by atoms with Crippen molar-refractivity contribution in [3.63, 3.8) is 0 Å². The molecule has 0 radical (unpaired) electrons. The molecule has 3 aromatic carbocycles. The monoisotopic (exact) mass is 252 g/mol. The van der Waals surface area contributed by atoms with Crippen LogP contribution in [0.2, 0.25) is 0 Å². The maximum Gasteiger partial charge on any atom is 0.339 e. The van der Waals surface area contributed by atoms with Crippen molar-refractivity contribution in [2.24, 2.45) is 0 Å². The molecule has 0 saturated carbocycles. The molecule has 0 unspecified atom stereocenters. The fourth-order valence-corrected chi connectivity index (χ4v) is 2.45. The third-order valence-electron chi connectivity index (χ3n) is 3.31. The topological polar surface area (TPSA) is 46.5 Å². The maximum atomic E-state index is 11.2. The van der Waals surface area contributed by atoms with E-state index in [0.29, 0.717) is 5.75 Å². The number of ether oxygens (including phenoxy) is 1. The predicted octanol–water partition coefficient (Wildman–Crippen LogP) is 3.70. The van der Waals surface area contributed by atoms with Gasteiger partial charge < -0.3 is 9.84 Å². The number of benzene rings is 3. The van der Waals surface area contributed by atoms with Crippen molar-refractivity contribution in [1.29, 1.82) is 0 Å². The van der Waals surface area contributed by atoms with Crippen LogP contribution in [0, 0.1) is 0 Å². The second-order valence-electron chi connectivity index (χ2n) is 4.33. The zero-order chi connectivity index (χ0) is 13.4. The minimum atomic E-state index is -0.980. The summed E-state index contributed by atoms with van der Waals surface area (Å²) in [5.41, 5.74) is 0.185. The summed E-state index contributed by atoms with van der Waals surface area (Å²) in [6, 6.07) is 15.3. The van der Waals surface area contributed by atoms with Crippen LogP contribution in [0.25, 0.3) is 21.5 Å². The SMILES string of the molecule is COc1c(C(=O)O)ccc2c1ccc1ccccc12. The van der Waals surface area contributed by atoms with E-state index in [-0.39, 0.29) is 5.56 Å². The van der Waals surface area contributed by atoms with E-state index in [1.54, 1.807) is 6.07 Å². The largest absolute Gasteiger partial charge is 0.495 e. The predicted molar refractivity (Wildman–Crippen MR) is 75.0 cm³/mol. The Kier molecular flexibility index (Phi) is 2.60. The van der Waals surface area contributed by atoms with Crippen LogP contribution >= 0.6 is 0 Å². The van der Waals surface area contributed by atoms with E-state index in [4.69, 9.17) is 4.74 Å². The Bertz CT molecular complexity index is 790. The van der Waals surface area contributed by atoms with E-state index in [1.165, 1.54) is 7.11 Å². The molecule has 0 saturated heterocycles. The molecule has 0 atom stereocenters. The molecule has 0 spiro atoms. The molecular weight excluding hydrogens is 240 g/mol. The fourth-order valence-electron chi connectivity index (χ4n) is 2.45. The second kappa shape index (κ2) is 4.28. The average Bonchev–Trinajstić information content (AvgIpc) is 2.45. The number of carbonyl (C=O) groups is 1. The first-order valence-corrected chi connectivity index (χ1v) is 5.94. The van der Waals surface area contributed by atoms with Crippen LogP contribution in [0.3, 0.4) is 0 Å². The van der Waals surface area contributed by atoms with Crippen molar-refractivity contribution < 1.29 is 14.6 Å². The Balaban J connectivity index is 2.47. The number of hydrogen-bond donors (Lipinski definition) is 1. The number of carboxylic acids is 1. The van der Waals surface area contributed by atoms with Gasteiger partial charge in [-0.3, -0.25) is 0 Å². The highest BCUT2D eigenvalue weighted by molar-refractivity contribution is 6.12. The standard InChI is InChI=1S/C16H12O3/c1-19-15-13-7-6-10-4-2-3-5-11(10)12(13)8-9-14(15)16(17)18/h2-9H,1H3,(H,17,18). The Morgan fingerprint density at radius 2 is 1.68 bits per heavy atom. The maximum absolute atomic E-state index is 11.2. The van der Waals surface area contributed by atoms with Crippen LogP contribution in [-0.4, -0.2) is 18.2 Å². The van der Waals surface area contributed by atoms with Crippen LogP contribution in [0.5, 0.6) is 5.75 Å². The van der Waals surface area contributed by atoms with Gasteiger partial charge in [0.25, 0.3) is 0 Å². The van der Waals surface area contributed by atoms with Gasteiger partial charge >= 0.3 is 5.97 Å². The van der Waals surface area contributed by atoms with Crippen molar-refractivity contribution in [3.05, 3.63) is 54.1 Å². The minimum absolute atomic E-state index is 0.185. The van der Waals surface area contributed by atoms with Crippen LogP contribution < -0.4 is 4.74 Å². The van der Waals surface area contributed by atoms with E-state index >= 15 is 0 Å². The first-order chi connectivity index (χ1) is 9.22. The molecule has 19 heavy (non-hydrogen) atoms. The number of aromatic carboxylic acids is 1. The smallest absolute Gasteiger partial charge is 0.339 e. The Morgan fingerprint density at radius 1 is 0.947 bits per heavy atom. The molecule has 1 N–H and O–H groups in total. The lowest BCUT2D eigenvalue weighted by Crippen LogP contribution is -2.00. The number of carboxylic acid groups (broad SMARTS) is 1. The molecule has 0 heterocycles. The summed E-state index contributed by atoms with van der Waals surface area (Å²) in [6.07, 6.45) is 0. The molecule has 3 nitrogen and oxygen atoms in total. The molecule has 0 aliphatic carbocycles. The summed E-state index contributed by atoms with van der Waals surface area (Å²) in [4.78, 5) is 11.2. The Labute approximate surface area is 110 Å². The lowest BCUT2D eigenvalue weighted by Gasteiger charge is -2.11. The normalized spacial score (nSPS) is 10.8. The fraction of sp³-hybridized carbons (Fsp3) is 0.0625. The number of fused-ring (bicyclic) bond motifs is 3. The quantitative estimate of drug-likeness (QED) is 0.707. The van der Waals surface area contributed by atoms with Gasteiger partial charge in [0.05, 0.1) is 7.11 Å². The van der Waals surface area contributed by atoms with Gasteiger partial charge in [-0.2, -0.15) is 0 Å². The van der Waals surface area contributed by atoms with Gasteiger partial charge in [0.15, 0.2) is 0 Å². The Hall–Kier alpha value is -2.55. The minimum Gasteiger partial charge on any atom is -0.495 e. The highest BCUT2D eigenvalue weighted by Gasteiger charge is 2.14. The Morgan fingerprint density at radius 3 is 2.42 bits per heavy atom. The first-order valence-electron chi connectivity index (χ1n) is 5.94. The summed E-state index contributed by atoms with van der Waals surface area (Å²) < 4.78 is 5.29. The van der Waals surface area contributed by atoms with Crippen molar-refractivity contribution >= 4 is 27.5 Å². The summed E-state index contributed by atoms with van der Waals surface area (Å²) in [7, 11) is 1.50. The molecule has 94 valence electrons. The molecule has 3 rings (SSSR count). The van der Waals surface area contributed by atoms with Crippen molar-refractivity contribution in [1.82, 2.24) is 0 Å². The zero-order valence-electron chi connectivity index (χ0n) is 10.4. The van der Waals surface area contributed by atoms with E-state index < -0.39 is 5.97 Å². The van der Waals surface area contributed by atoms with Gasteiger partial charge in [-0.25, -0.2) is 4.79 Å². The molecule has 3 heteroatoms. The molecule has 0 amide bonds. The van der Waals surface area contributed by atoms with Gasteiger partial charge in [0, 0.05) is 5.39 Å². The third-order valence-corrected chi connectivity index (χ3v) is 3.31. The zero-order valence-corrected chi connectivity index (χ0v) is 10.4. The van der Waals surface area contributed by atoms with Crippen LogP contribution in [-0.2, 0) is 0 Å². The van der Waals surface area contributed by atoms with Gasteiger partial charge in [-0.15, -0.1) is 0 Å². The van der Waals surface area contributed by atoms with Gasteiger partial charge in [0.1, 0.15) is 11.3 Å². The van der Waals surface area contributed by atoms with E-state index in [2.05, 4.69) is 0 Å². The van der Waals surface area contributed by atoms with E-state index in [0.717, 1.165) is 21.5 Å². The summed E-state index contributed by atoms with van der Waals surface area (Å²) >= 11 is 0. The van der Waals surface area contributed by atoms with Crippen molar-refractivity contribution in [2.45, 2.75) is 0 Å². The number of hydrogen-bond acceptors (Lipinski definition) is 2. The highest BCUT2D eigenvalue weighted by atomic mass is 16.5. The molecule has 3 aromatic rings. The first kappa shape index (κ1) is 11.5. The van der Waals surface area contributed by atoms with Crippen LogP contribution in [0.1, 0.15) is 10.4 Å². The molecule has 0 bridgehead atoms. The highest BCUT2D eigenvalue weighted by Crippen LogP contribution is 2.34. The molecule has 0 aliphatic heterocycles. The van der Waals surface area contributed by atoms with Gasteiger partial charge in [-0.05, 0) is 28.3 Å². The summed E-state index contributed by atoms with van der Waals surface area (Å²) in [5, 5.41) is 13.2. The van der Waals surface area contributed by atoms with Gasteiger partial charge in [-0.1, -0.05) is 36.4 Å². The molecular formula is C16H12O3. The van der Waals surface area contributed by atoms with Gasteiger partial charge in [0.2, 0.25) is 0 Å². The van der Waals surface area contributed by atoms with Crippen molar-refractivity contribution in [3.8, 4) is 5.75 Å². The van der Waals surface area contributed by atoms with E-state index in [9.17, 15) is 9.90 Å². The van der Waals surface area contributed by atoms with Crippen molar-refractivity contribution in [2.75, 3.05) is 7.11 Å². The summed E-state index contributed by atoms with van der Waals surface area (Å²) in [5.74, 6) is -0.567. The van der Waals surface area contributed by atoms with Crippen LogP contribution in [0.4, 0.5) is 0 Å². The molecule has 0 fully saturated rings. The number of methoxy groups -OCH3 is 1. The molecule has 0 aliphatic rings. The lowest BCUT2D eigenvalue weighted by molar-refractivity contribution is 0.0693. The number of rotatable bonds is 2.